The molecule has 56 heavy (non-hydrogen) atoms. The quantitative estimate of drug-likeness (QED) is 0.0789. The Labute approximate surface area is 342 Å². The van der Waals surface area contributed by atoms with Gasteiger partial charge in [0, 0.05) is 18.9 Å². The van der Waals surface area contributed by atoms with Crippen molar-refractivity contribution in [3.8, 4) is 0 Å². The summed E-state index contributed by atoms with van der Waals surface area (Å²) in [6, 6.07) is 7.08. The van der Waals surface area contributed by atoms with Crippen LogP contribution in [0.3, 0.4) is 0 Å². The van der Waals surface area contributed by atoms with Gasteiger partial charge in [0.2, 0.25) is 9.70 Å². The molecule has 1 aliphatic heterocycles. The number of fused-ring (bicyclic) bond motifs is 1. The molecule has 2 aromatic rings. The van der Waals surface area contributed by atoms with Gasteiger partial charge in [0.1, 0.15) is 23.4 Å². The van der Waals surface area contributed by atoms with Crippen LogP contribution < -0.4 is 16.1 Å². The summed E-state index contributed by atoms with van der Waals surface area (Å²) >= 11 is 17.2. The van der Waals surface area contributed by atoms with E-state index in [0.717, 1.165) is 10.9 Å². The normalized spacial score (nSPS) is 16.8. The van der Waals surface area contributed by atoms with Crippen molar-refractivity contribution >= 4 is 81.4 Å². The van der Waals surface area contributed by atoms with Crippen molar-refractivity contribution in [1.29, 1.82) is 0 Å². The number of halogens is 3. The fourth-order valence-electron chi connectivity index (χ4n) is 5.50. The number of pyridine rings is 1. The molecule has 0 aliphatic carbocycles. The van der Waals surface area contributed by atoms with Crippen molar-refractivity contribution < 1.29 is 43.3 Å². The average molecular weight is 841 g/mol. The molecule has 1 fully saturated rings. The summed E-state index contributed by atoms with van der Waals surface area (Å²) in [5, 5.41) is 17.9. The molecule has 308 valence electrons. The minimum absolute atomic E-state index is 0.109. The van der Waals surface area contributed by atoms with Crippen LogP contribution in [0.4, 0.5) is 0 Å². The van der Waals surface area contributed by atoms with Gasteiger partial charge >= 0.3 is 11.9 Å². The molecule has 4 N–H and O–H groups in total. The van der Waals surface area contributed by atoms with Crippen LogP contribution in [0.15, 0.2) is 47.7 Å². The minimum Gasteiger partial charge on any atom is -0.460 e. The summed E-state index contributed by atoms with van der Waals surface area (Å²) in [5.41, 5.74) is 3.22. The summed E-state index contributed by atoms with van der Waals surface area (Å²) in [7, 11) is 0. The maximum atomic E-state index is 13.9. The summed E-state index contributed by atoms with van der Waals surface area (Å²) in [6.45, 7) is 14.5. The van der Waals surface area contributed by atoms with E-state index in [4.69, 9.17) is 49.0 Å². The third kappa shape index (κ3) is 14.6. The maximum absolute atomic E-state index is 13.9. The summed E-state index contributed by atoms with van der Waals surface area (Å²) < 4.78 is 14.2. The van der Waals surface area contributed by atoms with Gasteiger partial charge < -0.3 is 30.0 Å². The molecule has 1 aliphatic rings. The molecule has 0 saturated carbocycles. The zero-order valence-corrected chi connectivity index (χ0v) is 35.4. The van der Waals surface area contributed by atoms with Gasteiger partial charge in [-0.25, -0.2) is 10.4 Å². The number of nitrogens with zero attached hydrogens (tertiary/aromatic N) is 2. The highest BCUT2D eigenvalue weighted by Crippen LogP contribution is 2.27. The number of aliphatic hydroxyl groups is 1. The Balaban J connectivity index is 1.79. The Morgan fingerprint density at radius 2 is 1.71 bits per heavy atom. The highest BCUT2D eigenvalue weighted by Gasteiger charge is 2.37. The number of alkyl halides is 3. The molecule has 1 aromatic heterocycles. The number of carbonyl (C=O) groups excluding carboxylic acids is 5. The molecule has 4 atom stereocenters. The number of aromatic nitrogens is 1. The lowest BCUT2D eigenvalue weighted by atomic mass is 9.90. The first-order valence-corrected chi connectivity index (χ1v) is 19.2. The van der Waals surface area contributed by atoms with Crippen molar-refractivity contribution in [2.75, 3.05) is 13.2 Å². The number of aliphatic hydroxyl groups excluding tert-OH is 1. The average Bonchev–Trinajstić information content (AvgIpc) is 3.09. The second-order valence-electron chi connectivity index (χ2n) is 15.3. The second kappa shape index (κ2) is 19.6. The van der Waals surface area contributed by atoms with Gasteiger partial charge in [-0.05, 0) is 91.5 Å². The summed E-state index contributed by atoms with van der Waals surface area (Å²) in [4.78, 5) is 70.5. The molecular weight excluding hydrogens is 789 g/mol. The lowest BCUT2D eigenvalue weighted by Gasteiger charge is -2.37. The topological polar surface area (TPSA) is 185 Å². The molecule has 0 spiro atoms. The Kier molecular flexibility index (Phi) is 16.3. The second-order valence-corrected chi connectivity index (χ2v) is 17.8. The van der Waals surface area contributed by atoms with Crippen LogP contribution in [-0.2, 0) is 38.2 Å². The highest BCUT2D eigenvalue weighted by atomic mass is 35.6. The number of nitrogens with one attached hydrogen (secondary N) is 3. The number of rotatable bonds is 14. The van der Waals surface area contributed by atoms with Crippen LogP contribution in [0.1, 0.15) is 98.9 Å². The van der Waals surface area contributed by atoms with Gasteiger partial charge in [0.15, 0.2) is 6.29 Å². The third-order valence-corrected chi connectivity index (χ3v) is 8.71. The molecule has 0 bridgehead atoms. The van der Waals surface area contributed by atoms with Crippen LogP contribution in [0.25, 0.3) is 17.0 Å². The molecule has 17 heteroatoms. The summed E-state index contributed by atoms with van der Waals surface area (Å²) in [5.74, 6) is -3.17. The standard InChI is InChI=1S/C39H52Cl3N5O9/c1-22(2)32(45-36(53)38(8,9)17-16-25-12-13-26-14-15-27(43-29(26)19-25)23(3)55-24(4)48)33(50)44-30(20-31(49)56-37(5,6)7)34(51)47-18-10-11-28(46-47)35(52)54-21-39(40,41)42/h12-17,19,23,28,30,35,46,52H,10-11,18,20-21H2,1-9H3,(H,44,50)(H,45,53)/b17-16+/t23-,28+,30+,35?/m1/s1. The van der Waals surface area contributed by atoms with Gasteiger partial charge in [0.25, 0.3) is 11.8 Å². The van der Waals surface area contributed by atoms with E-state index in [-0.39, 0.29) is 12.2 Å². The Morgan fingerprint density at radius 1 is 1.05 bits per heavy atom. The number of hydrazine groups is 1. The van der Waals surface area contributed by atoms with E-state index in [2.05, 4.69) is 21.0 Å². The first-order valence-electron chi connectivity index (χ1n) is 18.1. The lowest BCUT2D eigenvalue weighted by Crippen LogP contribution is -2.61. The molecule has 3 rings (SSSR count). The van der Waals surface area contributed by atoms with Gasteiger partial charge in [0.05, 0.1) is 35.7 Å². The van der Waals surface area contributed by atoms with Gasteiger partial charge in [-0.3, -0.25) is 29.0 Å². The number of esters is 2. The lowest BCUT2D eigenvalue weighted by molar-refractivity contribution is -0.162. The van der Waals surface area contributed by atoms with Crippen LogP contribution >= 0.6 is 34.8 Å². The fraction of sp³-hybridized carbons (Fsp3) is 0.538. The van der Waals surface area contributed by atoms with Crippen molar-refractivity contribution in [3.63, 3.8) is 0 Å². The largest absolute Gasteiger partial charge is 0.460 e. The smallest absolute Gasteiger partial charge is 0.308 e. The molecule has 1 aromatic carbocycles. The Hall–Kier alpha value is -3.79. The van der Waals surface area contributed by atoms with Gasteiger partial charge in [-0.15, -0.1) is 0 Å². The predicted octanol–water partition coefficient (Wildman–Crippen LogP) is 5.73. The Morgan fingerprint density at radius 3 is 2.32 bits per heavy atom. The number of carbonyl (C=O) groups is 5. The first kappa shape index (κ1) is 46.6. The molecule has 1 unspecified atom stereocenters. The summed E-state index contributed by atoms with van der Waals surface area (Å²) in [6.07, 6.45) is 1.79. The zero-order valence-electron chi connectivity index (χ0n) is 33.1. The number of amides is 3. The number of ether oxygens (including phenoxy) is 3. The van der Waals surface area contributed by atoms with Crippen LogP contribution in [0.5, 0.6) is 0 Å². The van der Waals surface area contributed by atoms with Crippen LogP contribution in [-0.4, -0.2) is 85.7 Å². The van der Waals surface area contributed by atoms with E-state index in [9.17, 15) is 29.1 Å². The fourth-order valence-corrected chi connectivity index (χ4v) is 5.69. The van der Waals surface area contributed by atoms with E-state index < -0.39 is 82.0 Å². The van der Waals surface area contributed by atoms with E-state index in [1.165, 1.54) is 11.9 Å². The number of benzene rings is 1. The molecule has 14 nitrogen and oxygen atoms in total. The third-order valence-electron chi connectivity index (χ3n) is 8.38. The van der Waals surface area contributed by atoms with Gasteiger partial charge in [-0.1, -0.05) is 65.2 Å². The van der Waals surface area contributed by atoms with Crippen LogP contribution in [0.2, 0.25) is 0 Å². The molecule has 0 radical (unpaired) electrons. The van der Waals surface area contributed by atoms with Crippen molar-refractivity contribution in [1.82, 2.24) is 26.1 Å². The number of allylic oxidation sites excluding steroid dienone is 1. The number of hydrogen-bond acceptors (Lipinski definition) is 11. The predicted molar refractivity (Wildman–Crippen MR) is 214 cm³/mol. The highest BCUT2D eigenvalue weighted by molar-refractivity contribution is 6.67. The zero-order chi connectivity index (χ0) is 42.2. The maximum Gasteiger partial charge on any atom is 0.308 e. The van der Waals surface area contributed by atoms with E-state index >= 15 is 0 Å². The van der Waals surface area contributed by atoms with Crippen molar-refractivity contribution in [3.05, 3.63) is 58.9 Å². The van der Waals surface area contributed by atoms with Crippen molar-refractivity contribution in [2.24, 2.45) is 5.41 Å². The van der Waals surface area contributed by atoms with Gasteiger partial charge in [-0.2, -0.15) is 0 Å². The SMILES string of the molecule is CC(=O)O[C@H](C)c1ccc2ccc(/C=C/C(C)(C)C(=O)NC(C(=O)N[C@@H](CC(=O)OC(C)(C)C)C(=O)N3CCC[C@@H](C(O)OCC(Cl)(Cl)Cl)N3)=C(C)C)cc2n1. The van der Waals surface area contributed by atoms with E-state index in [0.29, 0.717) is 29.6 Å². The molecule has 1 saturated heterocycles. The molecule has 3 amide bonds. The monoisotopic (exact) mass is 839 g/mol. The van der Waals surface area contributed by atoms with Crippen molar-refractivity contribution in [2.45, 2.75) is 115 Å². The Bertz CT molecular complexity index is 1830. The minimum atomic E-state index is -1.77. The number of hydrogen-bond donors (Lipinski definition) is 4. The molecular formula is C39H52Cl3N5O9. The van der Waals surface area contributed by atoms with E-state index in [1.54, 1.807) is 73.6 Å². The molecule has 2 heterocycles. The van der Waals surface area contributed by atoms with E-state index in [1.807, 2.05) is 24.3 Å². The van der Waals surface area contributed by atoms with Crippen LogP contribution in [0, 0.1) is 5.41 Å². The first-order chi connectivity index (χ1) is 25.8.